The van der Waals surface area contributed by atoms with E-state index in [1.54, 1.807) is 30.3 Å². The molecule has 3 aromatic carbocycles. The molecule has 0 bridgehead atoms. The topological polar surface area (TPSA) is 118 Å². The summed E-state index contributed by atoms with van der Waals surface area (Å²) in [6.45, 7) is 7.55. The Morgan fingerprint density at radius 2 is 1.62 bits per heavy atom. The molecule has 0 radical (unpaired) electrons. The van der Waals surface area contributed by atoms with Crippen molar-refractivity contribution in [3.05, 3.63) is 82.4 Å². The maximum absolute atomic E-state index is 12.3. The number of hydrazone groups is 1. The highest BCUT2D eigenvalue weighted by Crippen LogP contribution is 2.27. The Hall–Kier alpha value is -4.66. The first-order chi connectivity index (χ1) is 17.7. The number of benzene rings is 3. The highest BCUT2D eigenvalue weighted by Gasteiger charge is 2.14. The maximum Gasteiger partial charge on any atom is 0.329 e. The van der Waals surface area contributed by atoms with Crippen molar-refractivity contribution in [3.8, 4) is 11.5 Å². The number of carbonyl (C=O) groups excluding carboxylic acids is 3. The van der Waals surface area contributed by atoms with Crippen LogP contribution in [0.15, 0.2) is 59.7 Å². The summed E-state index contributed by atoms with van der Waals surface area (Å²) in [5, 5.41) is 9.21. The highest BCUT2D eigenvalue weighted by atomic mass is 16.5. The molecule has 9 nitrogen and oxygen atoms in total. The lowest BCUT2D eigenvalue weighted by molar-refractivity contribution is -0.136. The van der Waals surface area contributed by atoms with Gasteiger partial charge in [0.05, 0.1) is 13.3 Å². The van der Waals surface area contributed by atoms with Crippen LogP contribution >= 0.6 is 0 Å². The van der Waals surface area contributed by atoms with Crippen molar-refractivity contribution < 1.29 is 23.9 Å². The Morgan fingerprint density at radius 3 is 2.35 bits per heavy atom. The minimum Gasteiger partial charge on any atom is -0.493 e. The highest BCUT2D eigenvalue weighted by molar-refractivity contribution is 6.39. The number of anilines is 2. The standard InChI is InChI=1S/C28H30N4O5/c1-17-9-11-22(13-19(17)3)30-26(33)16-37-24-12-10-21(14-25(24)36-5)15-29-32-28(35)27(34)31-23-8-6-7-18(2)20(23)4/h6-15H,16H2,1-5H3,(H,30,33)(H,31,34)(H,32,35)/b29-15-. The normalized spacial score (nSPS) is 10.6. The van der Waals surface area contributed by atoms with E-state index in [0.717, 1.165) is 22.3 Å². The average molecular weight is 503 g/mol. The molecule has 0 saturated carbocycles. The molecule has 3 rings (SSSR count). The van der Waals surface area contributed by atoms with Crippen LogP contribution in [0.5, 0.6) is 11.5 Å². The number of hydrogen-bond acceptors (Lipinski definition) is 6. The van der Waals surface area contributed by atoms with Crippen LogP contribution in [0.2, 0.25) is 0 Å². The predicted molar refractivity (Wildman–Crippen MR) is 143 cm³/mol. The molecule has 0 heterocycles. The molecule has 0 saturated heterocycles. The van der Waals surface area contributed by atoms with Gasteiger partial charge in [-0.15, -0.1) is 0 Å². The summed E-state index contributed by atoms with van der Waals surface area (Å²) < 4.78 is 11.0. The van der Waals surface area contributed by atoms with Crippen LogP contribution in [-0.4, -0.2) is 37.7 Å². The van der Waals surface area contributed by atoms with Crippen LogP contribution in [0.4, 0.5) is 11.4 Å². The number of hydrogen-bond donors (Lipinski definition) is 3. The number of carbonyl (C=O) groups is 3. The van der Waals surface area contributed by atoms with Crippen LogP contribution < -0.4 is 25.5 Å². The minimum atomic E-state index is -0.904. The monoisotopic (exact) mass is 502 g/mol. The quantitative estimate of drug-likeness (QED) is 0.244. The van der Waals surface area contributed by atoms with Crippen LogP contribution in [0.25, 0.3) is 0 Å². The molecule has 0 fully saturated rings. The van der Waals surface area contributed by atoms with Crippen molar-refractivity contribution in [2.45, 2.75) is 27.7 Å². The molecule has 0 aromatic heterocycles. The molecule has 192 valence electrons. The molecule has 0 aliphatic rings. The lowest BCUT2D eigenvalue weighted by atomic mass is 10.1. The Bertz CT molecular complexity index is 1350. The third-order valence-electron chi connectivity index (χ3n) is 5.78. The fourth-order valence-corrected chi connectivity index (χ4v) is 3.33. The molecular formula is C28H30N4O5. The molecule has 3 N–H and O–H groups in total. The van der Waals surface area contributed by atoms with Crippen molar-refractivity contribution in [2.24, 2.45) is 5.10 Å². The lowest BCUT2D eigenvalue weighted by Crippen LogP contribution is -2.32. The molecule has 0 aliphatic heterocycles. The van der Waals surface area contributed by atoms with Gasteiger partial charge in [-0.3, -0.25) is 14.4 Å². The smallest absolute Gasteiger partial charge is 0.329 e. The van der Waals surface area contributed by atoms with Gasteiger partial charge in [-0.2, -0.15) is 5.10 Å². The van der Waals surface area contributed by atoms with E-state index in [-0.39, 0.29) is 12.5 Å². The molecular weight excluding hydrogens is 472 g/mol. The first-order valence-electron chi connectivity index (χ1n) is 11.6. The van der Waals surface area contributed by atoms with Gasteiger partial charge < -0.3 is 20.1 Å². The molecule has 0 spiro atoms. The van der Waals surface area contributed by atoms with E-state index in [4.69, 9.17) is 9.47 Å². The number of amides is 3. The summed E-state index contributed by atoms with van der Waals surface area (Å²) in [7, 11) is 1.47. The zero-order chi connectivity index (χ0) is 26.9. The number of aryl methyl sites for hydroxylation is 3. The Morgan fingerprint density at radius 1 is 0.838 bits per heavy atom. The van der Waals surface area contributed by atoms with E-state index in [0.29, 0.717) is 28.4 Å². The van der Waals surface area contributed by atoms with Crippen molar-refractivity contribution in [1.29, 1.82) is 0 Å². The zero-order valence-electron chi connectivity index (χ0n) is 21.5. The first-order valence-corrected chi connectivity index (χ1v) is 11.6. The van der Waals surface area contributed by atoms with Gasteiger partial charge in [0.1, 0.15) is 0 Å². The molecule has 0 aliphatic carbocycles. The van der Waals surface area contributed by atoms with Gasteiger partial charge in [-0.25, -0.2) is 5.43 Å². The summed E-state index contributed by atoms with van der Waals surface area (Å²) >= 11 is 0. The summed E-state index contributed by atoms with van der Waals surface area (Å²) in [4.78, 5) is 36.6. The third kappa shape index (κ3) is 7.41. The first kappa shape index (κ1) is 26.9. The average Bonchev–Trinajstić information content (AvgIpc) is 2.87. The Kier molecular flexibility index (Phi) is 8.99. The number of ether oxygens (including phenoxy) is 2. The third-order valence-corrected chi connectivity index (χ3v) is 5.78. The molecule has 3 aromatic rings. The predicted octanol–water partition coefficient (Wildman–Crippen LogP) is 4.04. The van der Waals surface area contributed by atoms with Gasteiger partial charge in [-0.05, 0) is 91.9 Å². The maximum atomic E-state index is 12.3. The van der Waals surface area contributed by atoms with Crippen LogP contribution in [-0.2, 0) is 14.4 Å². The van der Waals surface area contributed by atoms with E-state index in [1.807, 2.05) is 52.0 Å². The second-order valence-electron chi connectivity index (χ2n) is 8.45. The number of nitrogens with one attached hydrogen (secondary N) is 3. The van der Waals surface area contributed by atoms with Crippen LogP contribution in [0, 0.1) is 27.7 Å². The van der Waals surface area contributed by atoms with Crippen molar-refractivity contribution in [1.82, 2.24) is 5.43 Å². The van der Waals surface area contributed by atoms with E-state index >= 15 is 0 Å². The molecule has 9 heteroatoms. The second kappa shape index (κ2) is 12.3. The zero-order valence-corrected chi connectivity index (χ0v) is 21.5. The molecule has 3 amide bonds. The van der Waals surface area contributed by atoms with Gasteiger partial charge in [0.15, 0.2) is 18.1 Å². The van der Waals surface area contributed by atoms with Crippen molar-refractivity contribution >= 4 is 35.3 Å². The molecule has 0 atom stereocenters. The minimum absolute atomic E-state index is 0.206. The fourth-order valence-electron chi connectivity index (χ4n) is 3.33. The van der Waals surface area contributed by atoms with Gasteiger partial charge in [-0.1, -0.05) is 18.2 Å². The Balaban J connectivity index is 1.54. The molecule has 0 unspecified atom stereocenters. The van der Waals surface area contributed by atoms with E-state index < -0.39 is 11.8 Å². The number of rotatable bonds is 8. The van der Waals surface area contributed by atoms with Crippen LogP contribution in [0.3, 0.4) is 0 Å². The number of nitrogens with zero attached hydrogens (tertiary/aromatic N) is 1. The molecule has 37 heavy (non-hydrogen) atoms. The van der Waals surface area contributed by atoms with Gasteiger partial charge >= 0.3 is 11.8 Å². The van der Waals surface area contributed by atoms with E-state index in [2.05, 4.69) is 21.2 Å². The second-order valence-corrected chi connectivity index (χ2v) is 8.45. The number of methoxy groups -OCH3 is 1. The van der Waals surface area contributed by atoms with Crippen LogP contribution in [0.1, 0.15) is 27.8 Å². The summed E-state index contributed by atoms with van der Waals surface area (Å²) in [6.07, 6.45) is 1.36. The van der Waals surface area contributed by atoms with Gasteiger partial charge in [0.2, 0.25) is 0 Å². The SMILES string of the molecule is COc1cc(/C=N\NC(=O)C(=O)Nc2cccc(C)c2C)ccc1OCC(=O)Nc1ccc(C)c(C)c1. The summed E-state index contributed by atoms with van der Waals surface area (Å²) in [5.41, 5.74) is 8.14. The Labute approximate surface area is 215 Å². The van der Waals surface area contributed by atoms with E-state index in [1.165, 1.54) is 13.3 Å². The van der Waals surface area contributed by atoms with Gasteiger partial charge in [0, 0.05) is 11.4 Å². The van der Waals surface area contributed by atoms with E-state index in [9.17, 15) is 14.4 Å². The summed E-state index contributed by atoms with van der Waals surface area (Å²) in [6, 6.07) is 16.0. The van der Waals surface area contributed by atoms with Crippen molar-refractivity contribution in [2.75, 3.05) is 24.4 Å². The van der Waals surface area contributed by atoms with Gasteiger partial charge in [0.25, 0.3) is 5.91 Å². The largest absolute Gasteiger partial charge is 0.493 e. The lowest BCUT2D eigenvalue weighted by Gasteiger charge is -2.12. The van der Waals surface area contributed by atoms with Crippen molar-refractivity contribution in [3.63, 3.8) is 0 Å². The summed E-state index contributed by atoms with van der Waals surface area (Å²) in [5.74, 6) is -1.29. The fraction of sp³-hybridized carbons (Fsp3) is 0.214.